The highest BCUT2D eigenvalue weighted by Crippen LogP contribution is 2.35. The molecule has 1 aliphatic rings. The van der Waals surface area contributed by atoms with Crippen LogP contribution < -0.4 is 4.74 Å². The molecule has 10 heteroatoms. The molecule has 1 aromatic carbocycles. The van der Waals surface area contributed by atoms with Gasteiger partial charge in [0.1, 0.15) is 17.5 Å². The zero-order valence-electron chi connectivity index (χ0n) is 16.7. The monoisotopic (exact) mass is 458 g/mol. The van der Waals surface area contributed by atoms with Crippen LogP contribution in [0.1, 0.15) is 30.0 Å². The molecule has 0 bridgehead atoms. The lowest BCUT2D eigenvalue weighted by Gasteiger charge is -2.17. The fourth-order valence-electron chi connectivity index (χ4n) is 3.93. The summed E-state index contributed by atoms with van der Waals surface area (Å²) in [5.41, 5.74) is 4.36. The molecule has 31 heavy (non-hydrogen) atoms. The number of rotatable bonds is 6. The van der Waals surface area contributed by atoms with Gasteiger partial charge in [-0.2, -0.15) is 5.10 Å². The van der Waals surface area contributed by atoms with Crippen molar-refractivity contribution in [2.75, 3.05) is 13.2 Å². The molecule has 1 atom stereocenters. The van der Waals surface area contributed by atoms with Crippen molar-refractivity contribution in [3.63, 3.8) is 0 Å². The van der Waals surface area contributed by atoms with Crippen molar-refractivity contribution in [1.82, 2.24) is 30.0 Å². The first-order valence-corrected chi connectivity index (χ1v) is 10.6. The smallest absolute Gasteiger partial charge is 0.159 e. The second kappa shape index (κ2) is 8.12. The van der Waals surface area contributed by atoms with E-state index in [4.69, 9.17) is 38.0 Å². The van der Waals surface area contributed by atoms with Crippen molar-refractivity contribution in [3.8, 4) is 17.3 Å². The Bertz CT molecular complexity index is 1210. The lowest BCUT2D eigenvalue weighted by atomic mass is 10.1. The summed E-state index contributed by atoms with van der Waals surface area (Å²) < 4.78 is 6.13. The number of H-pyrrole nitrogens is 2. The van der Waals surface area contributed by atoms with Crippen molar-refractivity contribution in [2.24, 2.45) is 0 Å². The van der Waals surface area contributed by atoms with Gasteiger partial charge in [-0.15, -0.1) is 0 Å². The maximum atomic E-state index is 9.14. The molecule has 1 aliphatic heterocycles. The summed E-state index contributed by atoms with van der Waals surface area (Å²) in [7, 11) is 0. The number of β-amino-alcohol motifs (C(OH)–C–C–N with tert-alkyl or cyclic N) is 1. The number of ether oxygens (including phenoxy) is 1. The Balaban J connectivity index is 1.43. The molecule has 8 nitrogen and oxygen atoms in total. The second-order valence-electron chi connectivity index (χ2n) is 7.50. The van der Waals surface area contributed by atoms with Crippen LogP contribution in [0.15, 0.2) is 30.6 Å². The van der Waals surface area contributed by atoms with Gasteiger partial charge in [-0.3, -0.25) is 15.0 Å². The summed E-state index contributed by atoms with van der Waals surface area (Å²) in [6.07, 6.45) is 2.75. The number of aromatic nitrogens is 5. The molecule has 0 spiro atoms. The minimum absolute atomic E-state index is 0.137. The van der Waals surface area contributed by atoms with E-state index in [1.54, 1.807) is 12.4 Å². The van der Waals surface area contributed by atoms with Crippen LogP contribution in [0.4, 0.5) is 0 Å². The number of aliphatic hydroxyl groups excluding tert-OH is 1. The van der Waals surface area contributed by atoms with E-state index in [0.29, 0.717) is 40.3 Å². The Labute approximate surface area is 188 Å². The van der Waals surface area contributed by atoms with Gasteiger partial charge in [-0.05, 0) is 25.1 Å². The molecule has 4 heterocycles. The number of benzene rings is 1. The molecule has 0 fully saturated rings. The van der Waals surface area contributed by atoms with Crippen LogP contribution in [0.5, 0.6) is 5.75 Å². The Morgan fingerprint density at radius 2 is 2.03 bits per heavy atom. The number of hydrogen-bond donors (Lipinski definition) is 3. The summed E-state index contributed by atoms with van der Waals surface area (Å²) in [5, 5.41) is 18.5. The average molecular weight is 459 g/mol. The van der Waals surface area contributed by atoms with E-state index in [2.05, 4.69) is 25.1 Å². The van der Waals surface area contributed by atoms with Crippen LogP contribution in [-0.4, -0.2) is 48.3 Å². The van der Waals surface area contributed by atoms with Gasteiger partial charge in [-0.25, -0.2) is 4.98 Å². The molecule has 0 saturated carbocycles. The third kappa shape index (κ3) is 3.76. The largest absolute Gasteiger partial charge is 0.486 e. The van der Waals surface area contributed by atoms with Crippen LogP contribution >= 0.6 is 23.2 Å². The Kier molecular flexibility index (Phi) is 5.31. The van der Waals surface area contributed by atoms with Crippen molar-refractivity contribution in [2.45, 2.75) is 26.1 Å². The van der Waals surface area contributed by atoms with E-state index >= 15 is 0 Å². The van der Waals surface area contributed by atoms with E-state index in [0.717, 1.165) is 34.5 Å². The van der Waals surface area contributed by atoms with E-state index in [1.807, 2.05) is 25.1 Å². The molecule has 0 amide bonds. The highest BCUT2D eigenvalue weighted by molar-refractivity contribution is 6.35. The van der Waals surface area contributed by atoms with Gasteiger partial charge in [0.25, 0.3) is 0 Å². The van der Waals surface area contributed by atoms with Gasteiger partial charge < -0.3 is 14.8 Å². The number of nitrogens with one attached hydrogen (secondary N) is 2. The molecule has 3 N–H and O–H groups in total. The lowest BCUT2D eigenvalue weighted by molar-refractivity contribution is 0.196. The Hall–Kier alpha value is -2.65. The number of aromatic amines is 2. The van der Waals surface area contributed by atoms with Crippen molar-refractivity contribution in [3.05, 3.63) is 57.6 Å². The molecule has 0 radical (unpaired) electrons. The van der Waals surface area contributed by atoms with Gasteiger partial charge in [0.05, 0.1) is 33.6 Å². The van der Waals surface area contributed by atoms with Crippen molar-refractivity contribution < 1.29 is 9.84 Å². The number of pyridine rings is 1. The maximum absolute atomic E-state index is 9.14. The standard InChI is InChI=1S/C21H20Cl2N6O2/c1-11(19-14(22)7-24-8-15(19)23)31-12-2-3-16-13(6-12)20(28-27-16)21-25-17-9-29(4-5-30)10-18(17)26-21/h2-3,6-8,11,30H,4-5,9-10H2,1H3,(H,25,26)(H,27,28). The zero-order chi connectivity index (χ0) is 21.5. The third-order valence-corrected chi connectivity index (χ3v) is 6.01. The number of imidazole rings is 1. The minimum Gasteiger partial charge on any atom is -0.486 e. The van der Waals surface area contributed by atoms with Crippen LogP contribution in [-0.2, 0) is 13.1 Å². The lowest BCUT2D eigenvalue weighted by Crippen LogP contribution is -2.20. The van der Waals surface area contributed by atoms with Gasteiger partial charge in [0.2, 0.25) is 0 Å². The Morgan fingerprint density at radius 1 is 1.23 bits per heavy atom. The van der Waals surface area contributed by atoms with Crippen LogP contribution in [0.2, 0.25) is 10.0 Å². The molecule has 0 saturated heterocycles. The predicted octanol–water partition coefficient (Wildman–Crippen LogP) is 4.10. The van der Waals surface area contributed by atoms with Crippen molar-refractivity contribution >= 4 is 34.1 Å². The van der Waals surface area contributed by atoms with Crippen LogP contribution in [0.3, 0.4) is 0 Å². The predicted molar refractivity (Wildman–Crippen MR) is 118 cm³/mol. The molecule has 3 aromatic heterocycles. The first kappa shape index (κ1) is 20.3. The summed E-state index contributed by atoms with van der Waals surface area (Å²) >= 11 is 12.5. The van der Waals surface area contributed by atoms with Gasteiger partial charge >= 0.3 is 0 Å². The highest BCUT2D eigenvalue weighted by Gasteiger charge is 2.24. The molecule has 4 aromatic rings. The number of fused-ring (bicyclic) bond motifs is 2. The Morgan fingerprint density at radius 3 is 2.77 bits per heavy atom. The highest BCUT2D eigenvalue weighted by atomic mass is 35.5. The van der Waals surface area contributed by atoms with Crippen molar-refractivity contribution in [1.29, 1.82) is 0 Å². The molecule has 0 aliphatic carbocycles. The summed E-state index contributed by atoms with van der Waals surface area (Å²) in [6.45, 7) is 4.12. The molecule has 5 rings (SSSR count). The fourth-order valence-corrected chi connectivity index (χ4v) is 4.60. The maximum Gasteiger partial charge on any atom is 0.159 e. The van der Waals surface area contributed by atoms with Gasteiger partial charge in [-0.1, -0.05) is 23.2 Å². The quantitative estimate of drug-likeness (QED) is 0.401. The topological polar surface area (TPSA) is 103 Å². The first-order chi connectivity index (χ1) is 15.0. The number of aliphatic hydroxyl groups is 1. The van der Waals surface area contributed by atoms with Crippen LogP contribution in [0.25, 0.3) is 22.4 Å². The fraction of sp³-hybridized carbons (Fsp3) is 0.286. The number of nitrogens with zero attached hydrogens (tertiary/aromatic N) is 4. The van der Waals surface area contributed by atoms with E-state index < -0.39 is 0 Å². The molecule has 160 valence electrons. The summed E-state index contributed by atoms with van der Waals surface area (Å²) in [5.74, 6) is 1.38. The number of halogens is 2. The van der Waals surface area contributed by atoms with Gasteiger partial charge in [0.15, 0.2) is 5.82 Å². The molecular weight excluding hydrogens is 439 g/mol. The van der Waals surface area contributed by atoms with E-state index in [9.17, 15) is 0 Å². The second-order valence-corrected chi connectivity index (χ2v) is 8.32. The first-order valence-electron chi connectivity index (χ1n) is 9.88. The molecular formula is C21H20Cl2N6O2. The summed E-state index contributed by atoms with van der Waals surface area (Å²) in [4.78, 5) is 14.2. The average Bonchev–Trinajstić information content (AvgIpc) is 3.40. The van der Waals surface area contributed by atoms with Crippen LogP contribution in [0, 0.1) is 0 Å². The third-order valence-electron chi connectivity index (χ3n) is 5.40. The normalized spacial score (nSPS) is 14.8. The minimum atomic E-state index is -0.360. The number of hydrogen-bond acceptors (Lipinski definition) is 6. The van der Waals surface area contributed by atoms with E-state index in [-0.39, 0.29) is 12.7 Å². The van der Waals surface area contributed by atoms with E-state index in [1.165, 1.54) is 0 Å². The zero-order valence-corrected chi connectivity index (χ0v) is 18.2. The molecule has 1 unspecified atom stereocenters. The summed E-state index contributed by atoms with van der Waals surface area (Å²) in [6, 6.07) is 5.72. The SMILES string of the molecule is CC(Oc1ccc2[nH]nc(-c3nc4c([nH]3)CN(CCO)C4)c2c1)c1c(Cl)cncc1Cl. The van der Waals surface area contributed by atoms with Gasteiger partial charge in [0, 0.05) is 43.0 Å².